The lowest BCUT2D eigenvalue weighted by molar-refractivity contribution is -0.119. The summed E-state index contributed by atoms with van der Waals surface area (Å²) in [6, 6.07) is 2.76. The van der Waals surface area contributed by atoms with Gasteiger partial charge in [-0.1, -0.05) is 0 Å². The minimum atomic E-state index is -3.09. The first-order valence-corrected chi connectivity index (χ1v) is 8.20. The van der Waals surface area contributed by atoms with E-state index in [0.29, 0.717) is 5.69 Å². The van der Waals surface area contributed by atoms with Crippen molar-refractivity contribution in [3.63, 3.8) is 0 Å². The summed E-state index contributed by atoms with van der Waals surface area (Å²) in [7, 11) is -3.09. The molecule has 0 saturated heterocycles. The molecule has 0 aliphatic carbocycles. The maximum absolute atomic E-state index is 11.7. The largest absolute Gasteiger partial charge is 0.321 e. The Morgan fingerprint density at radius 2 is 2.17 bits per heavy atom. The molecule has 0 fully saturated rings. The van der Waals surface area contributed by atoms with E-state index in [0.717, 1.165) is 10.7 Å². The molecule has 2 N–H and O–H groups in total. The number of halogens is 1. The Bertz CT molecular complexity index is 514. The minimum Gasteiger partial charge on any atom is -0.321 e. The van der Waals surface area contributed by atoms with Gasteiger partial charge >= 0.3 is 0 Å². The number of pyridine rings is 1. The highest BCUT2D eigenvalue weighted by atomic mass is 79.9. The molecule has 0 radical (unpaired) electrons. The molecule has 0 saturated carbocycles. The number of carbonyl (C=O) groups is 1. The van der Waals surface area contributed by atoms with E-state index >= 15 is 0 Å². The molecule has 0 aliphatic heterocycles. The van der Waals surface area contributed by atoms with Crippen LogP contribution in [0.15, 0.2) is 22.8 Å². The van der Waals surface area contributed by atoms with Crippen LogP contribution in [0.1, 0.15) is 12.1 Å². The van der Waals surface area contributed by atoms with Gasteiger partial charge < -0.3 is 5.73 Å². The molecular weight excluding hydrogens is 320 g/mol. The summed E-state index contributed by atoms with van der Waals surface area (Å²) in [4.78, 5) is 15.8. The molecule has 7 heteroatoms. The van der Waals surface area contributed by atoms with Crippen LogP contribution in [0, 0.1) is 0 Å². The monoisotopic (exact) mass is 334 g/mol. The van der Waals surface area contributed by atoms with Crippen LogP contribution in [0.2, 0.25) is 0 Å². The van der Waals surface area contributed by atoms with Gasteiger partial charge in [0.1, 0.15) is 9.84 Å². The Morgan fingerprint density at radius 3 is 2.67 bits per heavy atom. The summed E-state index contributed by atoms with van der Waals surface area (Å²) < 4.78 is 22.8. The predicted octanol–water partition coefficient (Wildman–Crippen LogP) is 0.718. The third kappa shape index (κ3) is 5.70. The summed E-state index contributed by atoms with van der Waals surface area (Å²) in [6.45, 7) is 0. The number of ketones is 1. The first-order valence-electron chi connectivity index (χ1n) is 5.34. The number of aromatic nitrogens is 1. The van der Waals surface area contributed by atoms with Crippen LogP contribution in [0.4, 0.5) is 0 Å². The molecule has 0 aromatic carbocycles. The topological polar surface area (TPSA) is 90.1 Å². The first kappa shape index (κ1) is 15.3. The van der Waals surface area contributed by atoms with Gasteiger partial charge in [-0.3, -0.25) is 9.78 Å². The lowest BCUT2D eigenvalue weighted by atomic mass is 10.1. The van der Waals surface area contributed by atoms with E-state index < -0.39 is 15.9 Å². The lowest BCUT2D eigenvalue weighted by Gasteiger charge is -2.09. The maximum atomic E-state index is 11.7. The molecular formula is C11H15BrN2O3S. The fourth-order valence-corrected chi connectivity index (χ4v) is 2.24. The van der Waals surface area contributed by atoms with Crippen LogP contribution >= 0.6 is 15.9 Å². The van der Waals surface area contributed by atoms with E-state index in [2.05, 4.69) is 20.9 Å². The molecule has 0 bridgehead atoms. The van der Waals surface area contributed by atoms with E-state index in [9.17, 15) is 13.2 Å². The Labute approximate surface area is 115 Å². The molecule has 0 aliphatic rings. The van der Waals surface area contributed by atoms with Gasteiger partial charge in [-0.15, -0.1) is 0 Å². The molecule has 1 aromatic rings. The van der Waals surface area contributed by atoms with Gasteiger partial charge in [0, 0.05) is 22.6 Å². The second-order valence-electron chi connectivity index (χ2n) is 4.14. The van der Waals surface area contributed by atoms with Crippen molar-refractivity contribution < 1.29 is 13.2 Å². The average Bonchev–Trinajstić information content (AvgIpc) is 2.28. The predicted molar refractivity (Wildman–Crippen MR) is 73.0 cm³/mol. The SMILES string of the molecule is CS(=O)(=O)CCC(N)C(=O)Cc1ccc(Br)cn1. The summed E-state index contributed by atoms with van der Waals surface area (Å²) in [5, 5.41) is 0. The van der Waals surface area contributed by atoms with Crippen molar-refractivity contribution in [2.24, 2.45) is 5.73 Å². The second-order valence-corrected chi connectivity index (χ2v) is 7.31. The summed E-state index contributed by atoms with van der Waals surface area (Å²) in [6.07, 6.45) is 3.00. The normalized spacial score (nSPS) is 13.3. The van der Waals surface area contributed by atoms with Crippen LogP contribution in [0.3, 0.4) is 0 Å². The Morgan fingerprint density at radius 1 is 1.50 bits per heavy atom. The van der Waals surface area contributed by atoms with Crippen LogP contribution in [-0.4, -0.2) is 37.2 Å². The number of hydrogen-bond donors (Lipinski definition) is 1. The van der Waals surface area contributed by atoms with Gasteiger partial charge in [-0.05, 0) is 34.5 Å². The van der Waals surface area contributed by atoms with Gasteiger partial charge in [0.15, 0.2) is 5.78 Å². The second kappa shape index (κ2) is 6.40. The lowest BCUT2D eigenvalue weighted by Crippen LogP contribution is -2.33. The van der Waals surface area contributed by atoms with Crippen molar-refractivity contribution >= 4 is 31.6 Å². The molecule has 1 aromatic heterocycles. The molecule has 1 heterocycles. The molecule has 5 nitrogen and oxygen atoms in total. The molecule has 1 unspecified atom stereocenters. The number of rotatable bonds is 6. The average molecular weight is 335 g/mol. The van der Waals surface area contributed by atoms with Crippen LogP contribution in [0.5, 0.6) is 0 Å². The summed E-state index contributed by atoms with van der Waals surface area (Å²) in [5.74, 6) is -0.276. The maximum Gasteiger partial charge on any atom is 0.155 e. The third-order valence-corrected chi connectivity index (χ3v) is 3.80. The van der Waals surface area contributed by atoms with E-state index in [1.807, 2.05) is 0 Å². The zero-order chi connectivity index (χ0) is 13.8. The van der Waals surface area contributed by atoms with Crippen molar-refractivity contribution in [1.82, 2.24) is 4.98 Å². The third-order valence-electron chi connectivity index (χ3n) is 2.36. The molecule has 0 amide bonds. The number of sulfone groups is 1. The molecule has 1 rings (SSSR count). The van der Waals surface area contributed by atoms with Crippen molar-refractivity contribution in [3.8, 4) is 0 Å². The van der Waals surface area contributed by atoms with Gasteiger partial charge in [0.2, 0.25) is 0 Å². The number of nitrogens with two attached hydrogens (primary N) is 1. The fourth-order valence-electron chi connectivity index (χ4n) is 1.32. The van der Waals surface area contributed by atoms with Gasteiger partial charge in [-0.2, -0.15) is 0 Å². The van der Waals surface area contributed by atoms with E-state index in [-0.39, 0.29) is 24.4 Å². The number of carbonyl (C=O) groups excluding carboxylic acids is 1. The molecule has 18 heavy (non-hydrogen) atoms. The van der Waals surface area contributed by atoms with Crippen LogP contribution < -0.4 is 5.73 Å². The van der Waals surface area contributed by atoms with Crippen molar-refractivity contribution in [1.29, 1.82) is 0 Å². The Balaban J connectivity index is 2.52. The van der Waals surface area contributed by atoms with Crippen molar-refractivity contribution in [2.75, 3.05) is 12.0 Å². The summed E-state index contributed by atoms with van der Waals surface area (Å²) in [5.41, 5.74) is 6.27. The number of hydrogen-bond acceptors (Lipinski definition) is 5. The fraction of sp³-hybridized carbons (Fsp3) is 0.455. The van der Waals surface area contributed by atoms with Gasteiger partial charge in [-0.25, -0.2) is 8.42 Å². The smallest absolute Gasteiger partial charge is 0.155 e. The highest BCUT2D eigenvalue weighted by Gasteiger charge is 2.16. The van der Waals surface area contributed by atoms with E-state index in [1.165, 1.54) is 0 Å². The zero-order valence-corrected chi connectivity index (χ0v) is 12.4. The van der Waals surface area contributed by atoms with Crippen LogP contribution in [0.25, 0.3) is 0 Å². The van der Waals surface area contributed by atoms with E-state index in [1.54, 1.807) is 18.3 Å². The molecule has 100 valence electrons. The zero-order valence-electron chi connectivity index (χ0n) is 9.97. The number of Topliss-reactive ketones (excluding diaryl/α,β-unsaturated/α-hetero) is 1. The number of nitrogens with zero attached hydrogens (tertiary/aromatic N) is 1. The minimum absolute atomic E-state index is 0.0757. The molecule has 1 atom stereocenters. The Kier molecular flexibility index (Phi) is 5.43. The quantitative estimate of drug-likeness (QED) is 0.827. The molecule has 0 spiro atoms. The van der Waals surface area contributed by atoms with Gasteiger partial charge in [0.25, 0.3) is 0 Å². The van der Waals surface area contributed by atoms with Crippen molar-refractivity contribution in [2.45, 2.75) is 18.9 Å². The summed E-state index contributed by atoms with van der Waals surface area (Å²) >= 11 is 3.25. The first-order chi connectivity index (χ1) is 8.28. The van der Waals surface area contributed by atoms with Crippen molar-refractivity contribution in [3.05, 3.63) is 28.5 Å². The van der Waals surface area contributed by atoms with Crippen LogP contribution in [-0.2, 0) is 21.1 Å². The van der Waals surface area contributed by atoms with E-state index in [4.69, 9.17) is 5.73 Å². The standard InChI is InChI=1S/C11H15BrN2O3S/c1-18(16,17)5-4-10(13)11(15)6-9-3-2-8(12)7-14-9/h2-3,7,10H,4-6,13H2,1H3. The highest BCUT2D eigenvalue weighted by molar-refractivity contribution is 9.10. The van der Waals surface area contributed by atoms with Gasteiger partial charge in [0.05, 0.1) is 18.2 Å². The Hall–Kier alpha value is -0.790. The highest BCUT2D eigenvalue weighted by Crippen LogP contribution is 2.08.